The molecule has 0 saturated carbocycles. The van der Waals surface area contributed by atoms with E-state index in [1.165, 1.54) is 0 Å². The number of fused-ring (bicyclic) bond motifs is 1. The minimum Gasteiger partial charge on any atom is -0.350 e. The molecular weight excluding hydrogens is 300 g/mol. The van der Waals surface area contributed by atoms with Gasteiger partial charge in [0.05, 0.1) is 11.6 Å². The van der Waals surface area contributed by atoms with E-state index in [0.717, 1.165) is 22.9 Å². The van der Waals surface area contributed by atoms with E-state index in [-0.39, 0.29) is 11.7 Å². The molecule has 0 radical (unpaired) electrons. The van der Waals surface area contributed by atoms with E-state index >= 15 is 0 Å². The van der Waals surface area contributed by atoms with Crippen LogP contribution in [0.4, 0.5) is 0 Å². The summed E-state index contributed by atoms with van der Waals surface area (Å²) in [5.41, 5.74) is 5.14. The third kappa shape index (κ3) is 3.84. The Morgan fingerprint density at radius 3 is 2.71 bits per heavy atom. The highest BCUT2D eigenvalue weighted by Gasteiger charge is 2.22. The van der Waals surface area contributed by atoms with Gasteiger partial charge in [0.1, 0.15) is 0 Å². The standard InChI is InChI=1S/C20H24N2O2/c1-5-9-19(23)17(21-20(24)14(3)6-2)12-15-13-22(4)18-11-8-7-10-16(15)18/h7-8,10-11,13,17H,2,5,9,12H2,1,3-4H3,(H,21,24). The lowest BCUT2D eigenvalue weighted by Crippen LogP contribution is -2.42. The molecule has 1 aromatic heterocycles. The fourth-order valence-corrected chi connectivity index (χ4v) is 2.82. The second kappa shape index (κ2) is 7.80. The van der Waals surface area contributed by atoms with Crippen molar-refractivity contribution in [3.05, 3.63) is 53.9 Å². The van der Waals surface area contributed by atoms with Gasteiger partial charge in [-0.1, -0.05) is 31.7 Å². The zero-order chi connectivity index (χ0) is 17.7. The largest absolute Gasteiger partial charge is 0.350 e. The summed E-state index contributed by atoms with van der Waals surface area (Å²) in [5, 5.41) is 3.95. The summed E-state index contributed by atoms with van der Waals surface area (Å²) in [6, 6.07) is 7.53. The summed E-state index contributed by atoms with van der Waals surface area (Å²) in [7, 11) is 1.98. The first-order chi connectivity index (χ1) is 11.5. The van der Waals surface area contributed by atoms with Crippen molar-refractivity contribution in [2.75, 3.05) is 0 Å². The Bertz CT molecular complexity index is 810. The van der Waals surface area contributed by atoms with Crippen molar-refractivity contribution in [3.63, 3.8) is 0 Å². The lowest BCUT2D eigenvalue weighted by Gasteiger charge is -2.17. The molecule has 1 aromatic carbocycles. The number of Topliss-reactive ketones (excluding diaryl/α,β-unsaturated/α-hetero) is 1. The second-order valence-corrected chi connectivity index (χ2v) is 6.03. The molecule has 1 heterocycles. The van der Waals surface area contributed by atoms with Crippen molar-refractivity contribution in [3.8, 4) is 0 Å². The van der Waals surface area contributed by atoms with Gasteiger partial charge in [-0.2, -0.15) is 0 Å². The van der Waals surface area contributed by atoms with Crippen LogP contribution in [0.2, 0.25) is 0 Å². The summed E-state index contributed by atoms with van der Waals surface area (Å²) >= 11 is 0. The quantitative estimate of drug-likeness (QED) is 0.627. The fourth-order valence-electron chi connectivity index (χ4n) is 2.82. The number of ketones is 1. The first-order valence-electron chi connectivity index (χ1n) is 8.21. The number of amides is 1. The molecule has 2 rings (SSSR count). The fraction of sp³-hybridized carbons (Fsp3) is 0.350. The van der Waals surface area contributed by atoms with Crippen molar-refractivity contribution in [1.82, 2.24) is 9.88 Å². The number of benzene rings is 1. The lowest BCUT2D eigenvalue weighted by atomic mass is 9.99. The first-order valence-corrected chi connectivity index (χ1v) is 8.21. The van der Waals surface area contributed by atoms with Crippen LogP contribution >= 0.6 is 0 Å². The van der Waals surface area contributed by atoms with Gasteiger partial charge >= 0.3 is 0 Å². The number of hydrogen-bond donors (Lipinski definition) is 1. The average Bonchev–Trinajstić information content (AvgIpc) is 2.90. The minimum atomic E-state index is -0.536. The Morgan fingerprint density at radius 2 is 2.04 bits per heavy atom. The van der Waals surface area contributed by atoms with Gasteiger partial charge in [-0.15, -0.1) is 5.73 Å². The summed E-state index contributed by atoms with van der Waals surface area (Å²) in [6.45, 7) is 7.09. The molecule has 1 unspecified atom stereocenters. The molecule has 1 atom stereocenters. The van der Waals surface area contributed by atoms with Crippen LogP contribution in [0.3, 0.4) is 0 Å². The Balaban J connectivity index is 2.31. The Kier molecular flexibility index (Phi) is 5.78. The number of carbonyl (C=O) groups excluding carboxylic acids is 2. The molecule has 0 aliphatic carbocycles. The van der Waals surface area contributed by atoms with Crippen LogP contribution in [0, 0.1) is 0 Å². The van der Waals surface area contributed by atoms with Gasteiger partial charge in [0.25, 0.3) is 5.91 Å². The van der Waals surface area contributed by atoms with Gasteiger partial charge in [0, 0.05) is 37.0 Å². The minimum absolute atomic E-state index is 0.0515. The van der Waals surface area contributed by atoms with E-state index in [4.69, 9.17) is 0 Å². The van der Waals surface area contributed by atoms with Crippen molar-refractivity contribution in [2.24, 2.45) is 7.05 Å². The second-order valence-electron chi connectivity index (χ2n) is 6.03. The van der Waals surface area contributed by atoms with Gasteiger partial charge < -0.3 is 9.88 Å². The van der Waals surface area contributed by atoms with Crippen LogP contribution in [0.5, 0.6) is 0 Å². The number of aromatic nitrogens is 1. The summed E-state index contributed by atoms with van der Waals surface area (Å²) < 4.78 is 2.04. The monoisotopic (exact) mass is 324 g/mol. The molecule has 1 amide bonds. The topological polar surface area (TPSA) is 51.1 Å². The smallest absolute Gasteiger partial charge is 0.255 e. The molecular formula is C20H24N2O2. The van der Waals surface area contributed by atoms with Gasteiger partial charge in [-0.3, -0.25) is 9.59 Å². The number of aryl methyl sites for hydroxylation is 1. The molecule has 0 fully saturated rings. The van der Waals surface area contributed by atoms with Crippen molar-refractivity contribution in [1.29, 1.82) is 0 Å². The number of para-hydroxylation sites is 1. The third-order valence-electron chi connectivity index (χ3n) is 4.20. The van der Waals surface area contributed by atoms with Crippen molar-refractivity contribution in [2.45, 2.75) is 39.2 Å². The summed E-state index contributed by atoms with van der Waals surface area (Å²) in [4.78, 5) is 24.6. The molecule has 0 aliphatic rings. The lowest BCUT2D eigenvalue weighted by molar-refractivity contribution is -0.126. The normalized spacial score (nSPS) is 11.8. The molecule has 0 aliphatic heterocycles. The van der Waals surface area contributed by atoms with E-state index in [2.05, 4.69) is 17.6 Å². The van der Waals surface area contributed by atoms with Crippen LogP contribution in [0.1, 0.15) is 32.3 Å². The zero-order valence-corrected chi connectivity index (χ0v) is 14.6. The Morgan fingerprint density at radius 1 is 1.33 bits per heavy atom. The van der Waals surface area contributed by atoms with E-state index in [1.54, 1.807) is 6.92 Å². The highest BCUT2D eigenvalue weighted by molar-refractivity contribution is 5.97. The van der Waals surface area contributed by atoms with Gasteiger partial charge in [0.2, 0.25) is 0 Å². The predicted octanol–water partition coefficient (Wildman–Crippen LogP) is 3.31. The molecule has 1 N–H and O–H groups in total. The SMILES string of the molecule is C=C=C(C)C(=O)NC(Cc1cn(C)c2ccccc12)C(=O)CCC. The Hall–Kier alpha value is -2.58. The number of carbonyl (C=O) groups is 2. The maximum absolute atomic E-state index is 12.5. The molecule has 0 saturated heterocycles. The van der Waals surface area contributed by atoms with Crippen molar-refractivity contribution < 1.29 is 9.59 Å². The van der Waals surface area contributed by atoms with Gasteiger partial charge in [0.15, 0.2) is 5.78 Å². The van der Waals surface area contributed by atoms with Crippen LogP contribution < -0.4 is 5.32 Å². The highest BCUT2D eigenvalue weighted by Crippen LogP contribution is 2.22. The summed E-state index contributed by atoms with van der Waals surface area (Å²) in [5.74, 6) is -0.240. The molecule has 4 heteroatoms. The number of hydrogen-bond acceptors (Lipinski definition) is 2. The predicted molar refractivity (Wildman–Crippen MR) is 96.8 cm³/mol. The van der Waals surface area contributed by atoms with E-state index in [1.807, 2.05) is 49.0 Å². The molecule has 0 bridgehead atoms. The number of nitrogens with zero attached hydrogens (tertiary/aromatic N) is 1. The summed E-state index contributed by atoms with van der Waals surface area (Å²) in [6.07, 6.45) is 3.72. The van der Waals surface area contributed by atoms with Crippen LogP contribution in [0.25, 0.3) is 10.9 Å². The molecule has 126 valence electrons. The maximum Gasteiger partial charge on any atom is 0.255 e. The van der Waals surface area contributed by atoms with E-state index in [9.17, 15) is 9.59 Å². The molecule has 0 spiro atoms. The van der Waals surface area contributed by atoms with Crippen LogP contribution in [-0.2, 0) is 23.1 Å². The van der Waals surface area contributed by atoms with Crippen LogP contribution in [0.15, 0.2) is 48.3 Å². The van der Waals surface area contributed by atoms with Gasteiger partial charge in [-0.05, 0) is 25.0 Å². The number of rotatable bonds is 7. The molecule has 24 heavy (non-hydrogen) atoms. The molecule has 2 aromatic rings. The van der Waals surface area contributed by atoms with Gasteiger partial charge in [-0.25, -0.2) is 0 Å². The Labute approximate surface area is 142 Å². The van der Waals surface area contributed by atoms with Crippen molar-refractivity contribution >= 4 is 22.6 Å². The third-order valence-corrected chi connectivity index (χ3v) is 4.20. The van der Waals surface area contributed by atoms with Crippen LogP contribution in [-0.4, -0.2) is 22.3 Å². The zero-order valence-electron chi connectivity index (χ0n) is 14.6. The van der Waals surface area contributed by atoms with E-state index < -0.39 is 6.04 Å². The maximum atomic E-state index is 12.5. The highest BCUT2D eigenvalue weighted by atomic mass is 16.2. The van der Waals surface area contributed by atoms with E-state index in [0.29, 0.717) is 18.4 Å². The number of nitrogens with one attached hydrogen (secondary N) is 1. The first kappa shape index (κ1) is 17.8. The molecule has 4 nitrogen and oxygen atoms in total. The average molecular weight is 324 g/mol.